The fraction of sp³-hybridized carbons (Fsp3) is 0.103. The van der Waals surface area contributed by atoms with Gasteiger partial charge in [-0.05, 0) is 59.7 Å². The molecule has 4 aromatic carbocycles. The number of benzene rings is 4. The van der Waals surface area contributed by atoms with E-state index >= 15 is 0 Å². The molecule has 34 heavy (non-hydrogen) atoms. The Labute approximate surface area is 198 Å². The second-order valence-corrected chi connectivity index (χ2v) is 10.0. The van der Waals surface area contributed by atoms with Crippen LogP contribution in [0.4, 0.5) is 13.2 Å². The van der Waals surface area contributed by atoms with Gasteiger partial charge in [-0.2, -0.15) is 13.2 Å². The third-order valence-electron chi connectivity index (χ3n) is 5.86. The average Bonchev–Trinajstić information content (AvgIpc) is 3.19. The van der Waals surface area contributed by atoms with E-state index in [-0.39, 0.29) is 22.1 Å². The minimum atomic E-state index is -4.36. The normalized spacial score (nSPS) is 12.7. The zero-order chi connectivity index (χ0) is 23.7. The first kappa shape index (κ1) is 22.2. The van der Waals surface area contributed by atoms with E-state index in [2.05, 4.69) is 79.4 Å². The van der Waals surface area contributed by atoms with Crippen LogP contribution in [0, 0.1) is 0 Å². The number of rotatable bonds is 6. The van der Waals surface area contributed by atoms with Crippen molar-refractivity contribution in [2.24, 2.45) is 0 Å². The quantitative estimate of drug-likeness (QED) is 0.176. The third kappa shape index (κ3) is 4.31. The van der Waals surface area contributed by atoms with Crippen LogP contribution in [0.3, 0.4) is 0 Å². The highest BCUT2D eigenvalue weighted by Gasteiger charge is 2.28. The monoisotopic (exact) mass is 475 g/mol. The lowest BCUT2D eigenvalue weighted by molar-refractivity contribution is -0.153. The van der Waals surface area contributed by atoms with Crippen LogP contribution in [0.5, 0.6) is 5.75 Å². The van der Waals surface area contributed by atoms with Crippen LogP contribution in [0.1, 0.15) is 17.0 Å². The molecule has 5 heteroatoms. The number of hydrogen-bond donors (Lipinski definition) is 0. The molecule has 5 rings (SSSR count). The number of halogens is 3. The Hall–Kier alpha value is -3.57. The topological polar surface area (TPSA) is 9.23 Å². The molecule has 0 aliphatic heterocycles. The summed E-state index contributed by atoms with van der Waals surface area (Å²) in [6.07, 6.45) is -2.51. The van der Waals surface area contributed by atoms with E-state index in [1.807, 2.05) is 6.08 Å². The molecule has 0 saturated heterocycles. The van der Waals surface area contributed by atoms with Crippen LogP contribution in [-0.4, -0.2) is 12.8 Å². The molecule has 0 fully saturated rings. The number of hydrogen-bond acceptors (Lipinski definition) is 1. The molecular weight excluding hydrogens is 453 g/mol. The predicted octanol–water partition coefficient (Wildman–Crippen LogP) is 8.99. The molecule has 0 saturated carbocycles. The van der Waals surface area contributed by atoms with Gasteiger partial charge in [0.25, 0.3) is 0 Å². The maximum Gasteiger partial charge on any atom is 0.422 e. The SMILES string of the molecule is C=CC(c1ccc(OCC(F)(F)F)cc1)c1ccc(-[s+]2c3ccccc3c3ccccc32)cc1. The van der Waals surface area contributed by atoms with Crippen molar-refractivity contribution in [1.82, 2.24) is 0 Å². The molecule has 0 radical (unpaired) electrons. The fourth-order valence-corrected chi connectivity index (χ4v) is 6.70. The number of alkyl halides is 3. The van der Waals surface area contributed by atoms with Crippen LogP contribution < -0.4 is 4.74 Å². The number of allylic oxidation sites excluding steroid dienone is 1. The number of thiophene rings is 1. The Balaban J connectivity index is 1.45. The smallest absolute Gasteiger partial charge is 0.422 e. The van der Waals surface area contributed by atoms with Crippen LogP contribution in [0.15, 0.2) is 110 Å². The van der Waals surface area contributed by atoms with Crippen molar-refractivity contribution in [2.45, 2.75) is 12.1 Å². The minimum Gasteiger partial charge on any atom is -0.484 e. The molecular formula is C29H22F3OS+. The van der Waals surface area contributed by atoms with Gasteiger partial charge >= 0.3 is 6.18 Å². The largest absolute Gasteiger partial charge is 0.484 e. The summed E-state index contributed by atoms with van der Waals surface area (Å²) in [5, 5.41) is 2.59. The van der Waals surface area contributed by atoms with E-state index in [0.717, 1.165) is 11.1 Å². The van der Waals surface area contributed by atoms with Gasteiger partial charge in [0.2, 0.25) is 0 Å². The summed E-state index contributed by atoms with van der Waals surface area (Å²) in [5.74, 6) is 0.121. The molecule has 170 valence electrons. The van der Waals surface area contributed by atoms with Gasteiger partial charge in [-0.1, -0.05) is 54.6 Å². The van der Waals surface area contributed by atoms with Gasteiger partial charge in [-0.15, -0.1) is 6.58 Å². The van der Waals surface area contributed by atoms with E-state index < -0.39 is 12.8 Å². The lowest BCUT2D eigenvalue weighted by Crippen LogP contribution is -2.19. The summed E-state index contributed by atoms with van der Waals surface area (Å²) in [7, 11) is -0.156. The summed E-state index contributed by atoms with van der Waals surface area (Å²) < 4.78 is 44.7. The second-order valence-electron chi connectivity index (χ2n) is 8.05. The molecule has 0 aliphatic rings. The molecule has 0 bridgehead atoms. The first-order valence-corrected chi connectivity index (χ1v) is 12.1. The lowest BCUT2D eigenvalue weighted by Gasteiger charge is -2.15. The Morgan fingerprint density at radius 1 is 0.735 bits per heavy atom. The van der Waals surface area contributed by atoms with Crippen LogP contribution in [0.25, 0.3) is 25.1 Å². The number of fused-ring (bicyclic) bond motifs is 3. The first-order valence-electron chi connectivity index (χ1n) is 10.9. The highest BCUT2D eigenvalue weighted by molar-refractivity contribution is 7.50. The summed E-state index contributed by atoms with van der Waals surface area (Å²) in [5.41, 5.74) is 2.02. The van der Waals surface area contributed by atoms with Gasteiger partial charge in [0, 0.05) is 27.2 Å². The van der Waals surface area contributed by atoms with Crippen molar-refractivity contribution in [2.75, 3.05) is 6.61 Å². The Morgan fingerprint density at radius 2 is 1.24 bits per heavy atom. The van der Waals surface area contributed by atoms with Gasteiger partial charge < -0.3 is 4.74 Å². The summed E-state index contributed by atoms with van der Waals surface area (Å²) in [6, 6.07) is 32.4. The lowest BCUT2D eigenvalue weighted by atomic mass is 9.91. The first-order chi connectivity index (χ1) is 16.4. The Kier molecular flexibility index (Phi) is 5.88. The Bertz CT molecular complexity index is 1390. The van der Waals surface area contributed by atoms with E-state index in [1.165, 1.54) is 25.1 Å². The molecule has 1 aromatic heterocycles. The van der Waals surface area contributed by atoms with Crippen molar-refractivity contribution < 1.29 is 17.9 Å². The van der Waals surface area contributed by atoms with Crippen molar-refractivity contribution in [3.63, 3.8) is 0 Å². The van der Waals surface area contributed by atoms with Gasteiger partial charge in [0.15, 0.2) is 20.9 Å². The zero-order valence-corrected chi connectivity index (χ0v) is 19.1. The molecule has 0 N–H and O–H groups in total. The average molecular weight is 476 g/mol. The van der Waals surface area contributed by atoms with Crippen molar-refractivity contribution >= 4 is 30.6 Å². The fourth-order valence-electron chi connectivity index (χ4n) is 4.32. The maximum absolute atomic E-state index is 12.4. The Morgan fingerprint density at radius 3 is 1.74 bits per heavy atom. The van der Waals surface area contributed by atoms with Crippen molar-refractivity contribution in [3.8, 4) is 10.6 Å². The highest BCUT2D eigenvalue weighted by atomic mass is 32.2. The summed E-state index contributed by atoms with van der Waals surface area (Å²) >= 11 is 0. The second kappa shape index (κ2) is 8.99. The molecule has 0 spiro atoms. The van der Waals surface area contributed by atoms with Crippen LogP contribution >= 0.6 is 10.5 Å². The van der Waals surface area contributed by atoms with E-state index in [1.54, 1.807) is 24.3 Å². The molecule has 0 aliphatic carbocycles. The molecule has 0 amide bonds. The van der Waals surface area contributed by atoms with Gasteiger partial charge in [0.05, 0.1) is 0 Å². The van der Waals surface area contributed by atoms with Crippen LogP contribution in [0.2, 0.25) is 0 Å². The van der Waals surface area contributed by atoms with E-state index in [4.69, 9.17) is 4.74 Å². The standard InChI is InChI=1S/C29H22F3OS/c1-2-24(20-11-15-22(16-12-20)33-19-29(30,31)32)21-13-17-23(18-14-21)34-27-9-5-3-7-25(27)26-8-4-6-10-28(26)34/h2-18,24H,1,19H2/q+1. The van der Waals surface area contributed by atoms with Gasteiger partial charge in [0.1, 0.15) is 5.75 Å². The third-order valence-corrected chi connectivity index (χ3v) is 8.19. The molecule has 1 unspecified atom stereocenters. The molecule has 1 nitrogen and oxygen atoms in total. The summed E-state index contributed by atoms with van der Waals surface area (Å²) in [6.45, 7) is 2.69. The zero-order valence-electron chi connectivity index (χ0n) is 18.3. The van der Waals surface area contributed by atoms with E-state index in [9.17, 15) is 13.2 Å². The highest BCUT2D eigenvalue weighted by Crippen LogP contribution is 2.48. The van der Waals surface area contributed by atoms with Crippen molar-refractivity contribution in [3.05, 3.63) is 121 Å². The van der Waals surface area contributed by atoms with E-state index in [0.29, 0.717) is 0 Å². The maximum atomic E-state index is 12.4. The van der Waals surface area contributed by atoms with Gasteiger partial charge in [-0.25, -0.2) is 0 Å². The minimum absolute atomic E-state index is 0.0720. The van der Waals surface area contributed by atoms with Crippen LogP contribution in [-0.2, 0) is 0 Å². The summed E-state index contributed by atoms with van der Waals surface area (Å²) in [4.78, 5) is 1.25. The predicted molar refractivity (Wildman–Crippen MR) is 135 cm³/mol. The molecule has 1 atom stereocenters. The van der Waals surface area contributed by atoms with Gasteiger partial charge in [-0.3, -0.25) is 0 Å². The number of ether oxygens (including phenoxy) is 1. The van der Waals surface area contributed by atoms with Crippen molar-refractivity contribution in [1.29, 1.82) is 0 Å². The molecule has 1 heterocycles. The molecule has 5 aromatic rings.